The predicted molar refractivity (Wildman–Crippen MR) is 98.6 cm³/mol. The Morgan fingerprint density at radius 3 is 2.12 bits per heavy atom. The molecule has 0 aliphatic carbocycles. The lowest BCUT2D eigenvalue weighted by atomic mass is 9.84. The van der Waals surface area contributed by atoms with E-state index in [1.807, 2.05) is 41.5 Å². The molecule has 1 aliphatic rings. The first kappa shape index (κ1) is 21.6. The first-order valence-corrected chi connectivity index (χ1v) is 9.98. The summed E-state index contributed by atoms with van der Waals surface area (Å²) >= 11 is -1.37. The molecule has 0 spiro atoms. The molecule has 148 valence electrons. The zero-order valence-corrected chi connectivity index (χ0v) is 17.1. The molecule has 0 bridgehead atoms. The number of ether oxygens (including phenoxy) is 2. The maximum absolute atomic E-state index is 13.7. The van der Waals surface area contributed by atoms with Crippen molar-refractivity contribution in [2.75, 3.05) is 0 Å². The van der Waals surface area contributed by atoms with Gasteiger partial charge < -0.3 is 14.0 Å². The topological polar surface area (TPSA) is 53.5 Å². The summed E-state index contributed by atoms with van der Waals surface area (Å²) < 4.78 is 53.7. The Balaban J connectivity index is 2.14. The number of hydrogen-bond donors (Lipinski definition) is 1. The van der Waals surface area contributed by atoms with Crippen LogP contribution in [0.1, 0.15) is 66.0 Å². The maximum atomic E-state index is 13.7. The zero-order chi connectivity index (χ0) is 19.7. The van der Waals surface area contributed by atoms with Crippen molar-refractivity contribution in [3.8, 4) is 0 Å². The van der Waals surface area contributed by atoms with E-state index in [1.165, 1.54) is 12.1 Å². The number of rotatable bonds is 7. The van der Waals surface area contributed by atoms with Crippen LogP contribution in [0.15, 0.2) is 18.2 Å². The Kier molecular flexibility index (Phi) is 6.72. The van der Waals surface area contributed by atoms with Gasteiger partial charge in [-0.2, -0.15) is 0 Å². The normalized spacial score (nSPS) is 23.4. The van der Waals surface area contributed by atoms with Gasteiger partial charge in [-0.15, -0.1) is 4.72 Å². The van der Waals surface area contributed by atoms with E-state index in [9.17, 15) is 13.3 Å². The second kappa shape index (κ2) is 8.10. The molecule has 1 unspecified atom stereocenters. The third kappa shape index (κ3) is 5.63. The summed E-state index contributed by atoms with van der Waals surface area (Å²) in [5, 5.41) is 0. The lowest BCUT2D eigenvalue weighted by molar-refractivity contribution is -0.407. The van der Waals surface area contributed by atoms with Gasteiger partial charge in [0, 0.05) is 22.8 Å². The van der Waals surface area contributed by atoms with Gasteiger partial charge in [0.1, 0.15) is 16.4 Å². The van der Waals surface area contributed by atoms with Crippen molar-refractivity contribution in [2.45, 2.75) is 77.8 Å². The minimum absolute atomic E-state index is 0.209. The van der Waals surface area contributed by atoms with Gasteiger partial charge in [-0.1, -0.05) is 13.8 Å². The molecule has 0 saturated carbocycles. The van der Waals surface area contributed by atoms with Crippen LogP contribution < -0.4 is 4.72 Å². The van der Waals surface area contributed by atoms with Gasteiger partial charge in [-0.3, -0.25) is 0 Å². The lowest BCUT2D eigenvalue weighted by Crippen LogP contribution is -2.48. The third-order valence-electron chi connectivity index (χ3n) is 4.44. The minimum atomic E-state index is -1.37. The van der Waals surface area contributed by atoms with Gasteiger partial charge in [-0.25, -0.2) is 8.78 Å². The van der Waals surface area contributed by atoms with Crippen molar-refractivity contribution in [2.24, 2.45) is 5.41 Å². The summed E-state index contributed by atoms with van der Waals surface area (Å²) in [7, 11) is 0. The lowest BCUT2D eigenvalue weighted by Gasteiger charge is -2.44. The molecule has 0 aromatic heterocycles. The van der Waals surface area contributed by atoms with Gasteiger partial charge in [0.25, 0.3) is 0 Å². The van der Waals surface area contributed by atoms with E-state index in [-0.39, 0.29) is 18.0 Å². The van der Waals surface area contributed by atoms with Crippen LogP contribution in [0.5, 0.6) is 0 Å². The molecule has 1 heterocycles. The highest BCUT2D eigenvalue weighted by molar-refractivity contribution is 7.90. The highest BCUT2D eigenvalue weighted by Crippen LogP contribution is 2.39. The van der Waals surface area contributed by atoms with Crippen molar-refractivity contribution in [1.29, 1.82) is 0 Å². The van der Waals surface area contributed by atoms with E-state index in [4.69, 9.17) is 9.47 Å². The predicted octanol–water partition coefficient (Wildman–Crippen LogP) is 4.58. The number of hydrogen-bond acceptors (Lipinski definition) is 4. The summed E-state index contributed by atoms with van der Waals surface area (Å²) in [6.45, 7) is 11.4. The summed E-state index contributed by atoms with van der Waals surface area (Å²) in [6, 6.07) is 2.96. The first-order chi connectivity index (χ1) is 11.9. The quantitative estimate of drug-likeness (QED) is 0.694. The van der Waals surface area contributed by atoms with Crippen LogP contribution in [-0.2, 0) is 20.8 Å². The van der Waals surface area contributed by atoms with Crippen molar-refractivity contribution in [1.82, 2.24) is 4.72 Å². The summed E-state index contributed by atoms with van der Waals surface area (Å²) in [5.74, 6) is -1.29. The first-order valence-electron chi connectivity index (χ1n) is 8.83. The highest BCUT2D eigenvalue weighted by Gasteiger charge is 2.41. The molecule has 1 aromatic rings. The Labute approximate surface area is 158 Å². The number of benzene rings is 1. The van der Waals surface area contributed by atoms with E-state index in [0.717, 1.165) is 6.07 Å². The smallest absolute Gasteiger partial charge is 0.168 e. The Morgan fingerprint density at radius 2 is 1.65 bits per heavy atom. The van der Waals surface area contributed by atoms with E-state index in [2.05, 4.69) is 4.72 Å². The standard InChI is InChI=1S/C19H29F2NO3S/c1-12-24-17(25-12)19(5,6)8-7-16(22-26(23)18(2,3)4)13-9-14(20)11-15(21)10-13/h9-12,16-17,22H,7-8H2,1-6H3/t12?,16-,17?,26?/m0/s1. The van der Waals surface area contributed by atoms with E-state index in [0.29, 0.717) is 18.4 Å². The number of nitrogens with one attached hydrogen (secondary N) is 1. The Morgan fingerprint density at radius 1 is 1.12 bits per heavy atom. The van der Waals surface area contributed by atoms with E-state index < -0.39 is 33.8 Å². The van der Waals surface area contributed by atoms with Crippen LogP contribution in [0.3, 0.4) is 0 Å². The molecule has 1 N–H and O–H groups in total. The highest BCUT2D eigenvalue weighted by atomic mass is 32.2. The molecule has 7 heteroatoms. The Hall–Kier alpha value is -0.730. The van der Waals surface area contributed by atoms with Crippen molar-refractivity contribution in [3.05, 3.63) is 35.4 Å². The van der Waals surface area contributed by atoms with Crippen LogP contribution in [-0.4, -0.2) is 21.9 Å². The van der Waals surface area contributed by atoms with Gasteiger partial charge in [0.2, 0.25) is 0 Å². The second-order valence-electron chi connectivity index (χ2n) is 8.45. The van der Waals surface area contributed by atoms with Crippen molar-refractivity contribution >= 4 is 11.4 Å². The fourth-order valence-electron chi connectivity index (χ4n) is 2.74. The molecule has 1 saturated heterocycles. The van der Waals surface area contributed by atoms with E-state index >= 15 is 0 Å². The van der Waals surface area contributed by atoms with Gasteiger partial charge >= 0.3 is 0 Å². The van der Waals surface area contributed by atoms with Crippen LogP contribution >= 0.6 is 0 Å². The fraction of sp³-hybridized carbons (Fsp3) is 0.684. The molecular formula is C19H29F2NO3S. The molecule has 2 rings (SSSR count). The molecular weight excluding hydrogens is 360 g/mol. The second-order valence-corrected chi connectivity index (χ2v) is 10.5. The average Bonchev–Trinajstić information content (AvgIpc) is 2.45. The summed E-state index contributed by atoms with van der Waals surface area (Å²) in [6.07, 6.45) is 0.686. The van der Waals surface area contributed by atoms with Crippen LogP contribution in [0, 0.1) is 17.0 Å². The molecule has 4 nitrogen and oxygen atoms in total. The van der Waals surface area contributed by atoms with Crippen LogP contribution in [0.25, 0.3) is 0 Å². The Bertz CT molecular complexity index is 595. The van der Waals surface area contributed by atoms with Crippen molar-refractivity contribution in [3.63, 3.8) is 0 Å². The van der Waals surface area contributed by atoms with Gasteiger partial charge in [-0.05, 0) is 58.2 Å². The monoisotopic (exact) mass is 389 g/mol. The minimum Gasteiger partial charge on any atom is -0.598 e. The van der Waals surface area contributed by atoms with Gasteiger partial charge in [0.05, 0.1) is 6.04 Å². The van der Waals surface area contributed by atoms with Crippen molar-refractivity contribution < 1.29 is 22.8 Å². The number of halogens is 2. The summed E-state index contributed by atoms with van der Waals surface area (Å²) in [4.78, 5) is 0. The summed E-state index contributed by atoms with van der Waals surface area (Å²) in [5.41, 5.74) is 0.168. The molecule has 26 heavy (non-hydrogen) atoms. The molecule has 2 atom stereocenters. The van der Waals surface area contributed by atoms with Gasteiger partial charge in [0.15, 0.2) is 12.6 Å². The molecule has 0 amide bonds. The van der Waals surface area contributed by atoms with Crippen LogP contribution in [0.4, 0.5) is 8.78 Å². The zero-order valence-electron chi connectivity index (χ0n) is 16.3. The third-order valence-corrected chi connectivity index (χ3v) is 6.05. The maximum Gasteiger partial charge on any atom is 0.168 e. The average molecular weight is 390 g/mol. The molecule has 1 aliphatic heterocycles. The fourth-order valence-corrected chi connectivity index (χ4v) is 3.60. The van der Waals surface area contributed by atoms with Crippen LogP contribution in [0.2, 0.25) is 0 Å². The molecule has 1 fully saturated rings. The van der Waals surface area contributed by atoms with E-state index in [1.54, 1.807) is 0 Å². The largest absolute Gasteiger partial charge is 0.598 e. The molecule has 1 aromatic carbocycles. The molecule has 0 radical (unpaired) electrons. The SMILES string of the molecule is CC1OC(C(C)(C)CC[C@H](N[S+]([O-])C(C)(C)C)c2cc(F)cc(F)c2)O1.